The molecule has 2 heterocycles. The van der Waals surface area contributed by atoms with E-state index in [1.54, 1.807) is 4.90 Å². The predicted octanol–water partition coefficient (Wildman–Crippen LogP) is 4.57. The number of alkyl halides is 3. The summed E-state index contributed by atoms with van der Waals surface area (Å²) in [4.78, 5) is 20.2. The van der Waals surface area contributed by atoms with Gasteiger partial charge in [0.25, 0.3) is 5.91 Å². The second-order valence-electron chi connectivity index (χ2n) is 8.13. The monoisotopic (exact) mass is 461 g/mol. The number of halogens is 3. The van der Waals surface area contributed by atoms with E-state index in [0.717, 1.165) is 55.3 Å². The van der Waals surface area contributed by atoms with E-state index in [4.69, 9.17) is 0 Å². The number of carbonyl (C=O) groups excluding carboxylic acids is 1. The Morgan fingerprint density at radius 3 is 2.34 bits per heavy atom. The summed E-state index contributed by atoms with van der Waals surface area (Å²) < 4.78 is 38.4. The number of carbonyl (C=O) groups is 1. The van der Waals surface area contributed by atoms with Crippen LogP contribution in [0.3, 0.4) is 0 Å². The summed E-state index contributed by atoms with van der Waals surface area (Å²) in [5, 5.41) is 0. The minimum absolute atomic E-state index is 0.0747. The summed E-state index contributed by atoms with van der Waals surface area (Å²) >= 11 is 1.54. The van der Waals surface area contributed by atoms with E-state index in [-0.39, 0.29) is 5.91 Å². The molecular formula is C24H26F3N3OS. The van der Waals surface area contributed by atoms with E-state index in [9.17, 15) is 18.0 Å². The number of nitrogens with zero attached hydrogens (tertiary/aromatic N) is 3. The van der Waals surface area contributed by atoms with Crippen LogP contribution in [-0.2, 0) is 17.5 Å². The van der Waals surface area contributed by atoms with Gasteiger partial charge in [-0.25, -0.2) is 0 Å². The number of hydrogen-bond donors (Lipinski definition) is 0. The molecule has 0 bridgehead atoms. The third-order valence-corrected chi connectivity index (χ3v) is 6.83. The quantitative estimate of drug-likeness (QED) is 0.623. The second kappa shape index (κ2) is 9.58. The summed E-state index contributed by atoms with van der Waals surface area (Å²) in [6, 6.07) is 13.2. The van der Waals surface area contributed by atoms with Crippen molar-refractivity contribution < 1.29 is 18.0 Å². The first-order valence-corrected chi connectivity index (χ1v) is 11.6. The Morgan fingerprint density at radius 1 is 0.969 bits per heavy atom. The Balaban J connectivity index is 1.50. The molecule has 0 aliphatic carbocycles. The number of piperazine rings is 1. The zero-order valence-corrected chi connectivity index (χ0v) is 18.8. The van der Waals surface area contributed by atoms with Crippen molar-refractivity contribution >= 4 is 29.4 Å². The van der Waals surface area contributed by atoms with Crippen molar-refractivity contribution in [3.63, 3.8) is 0 Å². The second-order valence-corrected chi connectivity index (χ2v) is 9.26. The maximum absolute atomic E-state index is 13.1. The topological polar surface area (TPSA) is 26.8 Å². The van der Waals surface area contributed by atoms with Gasteiger partial charge in [-0.05, 0) is 42.4 Å². The maximum Gasteiger partial charge on any atom is 0.416 e. The first kappa shape index (κ1) is 22.7. The molecule has 170 valence electrons. The van der Waals surface area contributed by atoms with Crippen molar-refractivity contribution in [2.24, 2.45) is 0 Å². The van der Waals surface area contributed by atoms with E-state index in [1.165, 1.54) is 23.9 Å². The molecule has 8 heteroatoms. The lowest BCUT2D eigenvalue weighted by atomic mass is 10.1. The van der Waals surface area contributed by atoms with Gasteiger partial charge in [0, 0.05) is 50.7 Å². The summed E-state index contributed by atoms with van der Waals surface area (Å²) in [5.41, 5.74) is 2.16. The summed E-state index contributed by atoms with van der Waals surface area (Å²) in [6.07, 6.45) is -2.40. The number of benzene rings is 2. The van der Waals surface area contributed by atoms with Gasteiger partial charge in [-0.3, -0.25) is 4.79 Å². The zero-order chi connectivity index (χ0) is 22.7. The minimum atomic E-state index is -4.36. The van der Waals surface area contributed by atoms with Crippen LogP contribution in [-0.4, -0.2) is 61.2 Å². The van der Waals surface area contributed by atoms with Crippen molar-refractivity contribution in [2.75, 3.05) is 50.4 Å². The molecule has 0 unspecified atom stereocenters. The molecule has 32 heavy (non-hydrogen) atoms. The van der Waals surface area contributed by atoms with E-state index < -0.39 is 11.7 Å². The summed E-state index contributed by atoms with van der Waals surface area (Å²) in [7, 11) is 2.12. The number of rotatable bonds is 4. The van der Waals surface area contributed by atoms with Gasteiger partial charge in [0.1, 0.15) is 0 Å². The normalized spacial score (nSPS) is 19.6. The molecule has 4 nitrogen and oxygen atoms in total. The molecule has 4 rings (SSSR count). The molecule has 2 fully saturated rings. The van der Waals surface area contributed by atoms with Crippen molar-refractivity contribution in [3.05, 3.63) is 70.1 Å². The van der Waals surface area contributed by atoms with Gasteiger partial charge in [0.05, 0.1) is 10.5 Å². The molecular weight excluding hydrogens is 435 g/mol. The Hall–Kier alpha value is -2.45. The Morgan fingerprint density at radius 2 is 1.66 bits per heavy atom. The number of anilines is 1. The van der Waals surface area contributed by atoms with Crippen LogP contribution in [0.15, 0.2) is 53.4 Å². The first-order valence-electron chi connectivity index (χ1n) is 10.6. The lowest BCUT2D eigenvalue weighted by molar-refractivity contribution is -0.137. The van der Waals surface area contributed by atoms with Gasteiger partial charge >= 0.3 is 6.18 Å². The van der Waals surface area contributed by atoms with Crippen LogP contribution in [0.5, 0.6) is 0 Å². The number of para-hydroxylation sites is 1. The average molecular weight is 462 g/mol. The number of amides is 1. The molecule has 0 spiro atoms. The van der Waals surface area contributed by atoms with E-state index in [1.807, 2.05) is 24.3 Å². The fraction of sp³-hybridized carbons (Fsp3) is 0.375. The third-order valence-electron chi connectivity index (χ3n) is 5.84. The fourth-order valence-corrected chi connectivity index (χ4v) is 4.94. The smallest absolute Gasteiger partial charge is 0.368 e. The molecule has 2 saturated heterocycles. The van der Waals surface area contributed by atoms with Crippen LogP contribution in [0.1, 0.15) is 16.7 Å². The van der Waals surface area contributed by atoms with Gasteiger partial charge in [-0.15, -0.1) is 11.8 Å². The molecule has 2 aliphatic heterocycles. The highest BCUT2D eigenvalue weighted by Crippen LogP contribution is 2.32. The maximum atomic E-state index is 13.1. The number of hydrogen-bond acceptors (Lipinski definition) is 4. The standard InChI is InChI=1S/C24H26F3N3OS/c1-28-10-12-29(13-11-28)21-5-3-2-4-19(21)16-22-23(31)30(14-15-32-22)17-18-6-8-20(9-7-18)24(25,26)27/h2-9,16H,10-15,17H2,1H3/b22-16+. The van der Waals surface area contributed by atoms with Crippen molar-refractivity contribution in [1.82, 2.24) is 9.80 Å². The molecule has 0 N–H and O–H groups in total. The zero-order valence-electron chi connectivity index (χ0n) is 17.9. The van der Waals surface area contributed by atoms with E-state index in [2.05, 4.69) is 22.9 Å². The highest BCUT2D eigenvalue weighted by atomic mass is 32.2. The number of likely N-dealkylation sites (N-methyl/N-ethyl adjacent to an activating group) is 1. The van der Waals surface area contributed by atoms with Gasteiger partial charge in [0.2, 0.25) is 0 Å². The van der Waals surface area contributed by atoms with Crippen LogP contribution < -0.4 is 4.90 Å². The molecule has 1 amide bonds. The van der Waals surface area contributed by atoms with Gasteiger partial charge < -0.3 is 14.7 Å². The first-order chi connectivity index (χ1) is 15.3. The summed E-state index contributed by atoms with van der Waals surface area (Å²) in [5.74, 6) is 0.684. The predicted molar refractivity (Wildman–Crippen MR) is 123 cm³/mol. The van der Waals surface area contributed by atoms with Crippen LogP contribution in [0.2, 0.25) is 0 Å². The SMILES string of the molecule is CN1CCN(c2ccccc2/C=C2/SCCN(Cc3ccc(C(F)(F)F)cc3)C2=O)CC1. The van der Waals surface area contributed by atoms with Crippen molar-refractivity contribution in [2.45, 2.75) is 12.7 Å². The summed E-state index contributed by atoms with van der Waals surface area (Å²) in [6.45, 7) is 4.76. The fourth-order valence-electron chi connectivity index (χ4n) is 3.94. The lowest BCUT2D eigenvalue weighted by Gasteiger charge is -2.35. The van der Waals surface area contributed by atoms with Gasteiger partial charge in [0.15, 0.2) is 0 Å². The number of thioether (sulfide) groups is 1. The molecule has 2 aliphatic rings. The molecule has 0 saturated carbocycles. The largest absolute Gasteiger partial charge is 0.416 e. The van der Waals surface area contributed by atoms with Crippen LogP contribution in [0.25, 0.3) is 6.08 Å². The molecule has 0 atom stereocenters. The third kappa shape index (κ3) is 5.30. The minimum Gasteiger partial charge on any atom is -0.368 e. The molecule has 2 aromatic carbocycles. The van der Waals surface area contributed by atoms with Crippen molar-refractivity contribution in [1.29, 1.82) is 0 Å². The molecule has 0 aromatic heterocycles. The highest BCUT2D eigenvalue weighted by Gasteiger charge is 2.30. The van der Waals surface area contributed by atoms with Crippen molar-refractivity contribution in [3.8, 4) is 0 Å². The van der Waals surface area contributed by atoms with Crippen LogP contribution in [0, 0.1) is 0 Å². The molecule has 0 radical (unpaired) electrons. The molecule has 2 aromatic rings. The Bertz CT molecular complexity index is 983. The van der Waals surface area contributed by atoms with Crippen LogP contribution in [0.4, 0.5) is 18.9 Å². The highest BCUT2D eigenvalue weighted by molar-refractivity contribution is 8.04. The average Bonchev–Trinajstić information content (AvgIpc) is 2.77. The lowest BCUT2D eigenvalue weighted by Crippen LogP contribution is -2.44. The van der Waals surface area contributed by atoms with Gasteiger partial charge in [-0.1, -0.05) is 30.3 Å². The van der Waals surface area contributed by atoms with E-state index in [0.29, 0.717) is 23.6 Å². The van der Waals surface area contributed by atoms with Gasteiger partial charge in [-0.2, -0.15) is 13.2 Å². The van der Waals surface area contributed by atoms with E-state index >= 15 is 0 Å². The Kier molecular flexibility index (Phi) is 6.81. The Labute approximate surface area is 190 Å². The van der Waals surface area contributed by atoms with Crippen LogP contribution >= 0.6 is 11.8 Å².